The number of halogens is 1. The van der Waals surface area contributed by atoms with E-state index in [0.717, 1.165) is 18.4 Å². The Morgan fingerprint density at radius 1 is 1.38 bits per heavy atom. The molecule has 21 heavy (non-hydrogen) atoms. The van der Waals surface area contributed by atoms with Crippen molar-refractivity contribution in [1.82, 2.24) is 10.0 Å². The van der Waals surface area contributed by atoms with Crippen molar-refractivity contribution in [1.29, 1.82) is 0 Å². The van der Waals surface area contributed by atoms with Crippen molar-refractivity contribution in [2.45, 2.75) is 25.3 Å². The van der Waals surface area contributed by atoms with Crippen molar-refractivity contribution in [3.63, 3.8) is 0 Å². The second-order valence-electron chi connectivity index (χ2n) is 4.94. The Labute approximate surface area is 131 Å². The Morgan fingerprint density at radius 2 is 2.10 bits per heavy atom. The SMILES string of the molecule is CCNCc1ccc(F)cc1S(=O)(=O)NCC(C)CSC. The summed E-state index contributed by atoms with van der Waals surface area (Å²) in [5.41, 5.74) is 0.572. The van der Waals surface area contributed by atoms with E-state index in [2.05, 4.69) is 10.0 Å². The Balaban J connectivity index is 2.92. The molecule has 0 aromatic heterocycles. The van der Waals surface area contributed by atoms with Gasteiger partial charge in [0.1, 0.15) is 5.82 Å². The van der Waals surface area contributed by atoms with Crippen molar-refractivity contribution >= 4 is 21.8 Å². The Morgan fingerprint density at radius 3 is 2.71 bits per heavy atom. The molecule has 0 bridgehead atoms. The van der Waals surface area contributed by atoms with E-state index in [1.54, 1.807) is 11.8 Å². The number of benzene rings is 1. The van der Waals surface area contributed by atoms with Gasteiger partial charge >= 0.3 is 0 Å². The second-order valence-corrected chi connectivity index (χ2v) is 7.59. The first kappa shape index (κ1) is 18.4. The molecule has 2 N–H and O–H groups in total. The highest BCUT2D eigenvalue weighted by molar-refractivity contribution is 7.98. The van der Waals surface area contributed by atoms with Crippen molar-refractivity contribution in [3.8, 4) is 0 Å². The van der Waals surface area contributed by atoms with Gasteiger partial charge in [-0.3, -0.25) is 0 Å². The first-order valence-electron chi connectivity index (χ1n) is 6.88. The zero-order valence-corrected chi connectivity index (χ0v) is 14.3. The number of nitrogens with one attached hydrogen (secondary N) is 2. The minimum atomic E-state index is -3.70. The molecule has 1 aromatic rings. The maximum Gasteiger partial charge on any atom is 0.241 e. The molecule has 0 saturated heterocycles. The van der Waals surface area contributed by atoms with Gasteiger partial charge in [0.15, 0.2) is 0 Å². The lowest BCUT2D eigenvalue weighted by atomic mass is 10.2. The average Bonchev–Trinajstić information content (AvgIpc) is 2.44. The Bertz CT molecular complexity index is 550. The van der Waals surface area contributed by atoms with Crippen LogP contribution in [0.1, 0.15) is 19.4 Å². The van der Waals surface area contributed by atoms with Crippen LogP contribution in [0.4, 0.5) is 4.39 Å². The highest BCUT2D eigenvalue weighted by Gasteiger charge is 2.19. The summed E-state index contributed by atoms with van der Waals surface area (Å²) in [6.07, 6.45) is 1.98. The van der Waals surface area contributed by atoms with Gasteiger partial charge in [-0.05, 0) is 42.2 Å². The second kappa shape index (κ2) is 8.73. The lowest BCUT2D eigenvalue weighted by Crippen LogP contribution is -2.30. The van der Waals surface area contributed by atoms with Gasteiger partial charge in [0.25, 0.3) is 0 Å². The minimum Gasteiger partial charge on any atom is -0.313 e. The molecule has 1 aromatic carbocycles. The van der Waals surface area contributed by atoms with E-state index in [9.17, 15) is 12.8 Å². The zero-order chi connectivity index (χ0) is 15.9. The van der Waals surface area contributed by atoms with E-state index in [-0.39, 0.29) is 10.8 Å². The summed E-state index contributed by atoms with van der Waals surface area (Å²) >= 11 is 1.67. The fourth-order valence-corrected chi connectivity index (χ4v) is 3.96. The molecular formula is C14H23FN2O2S2. The summed E-state index contributed by atoms with van der Waals surface area (Å²) in [6, 6.07) is 3.87. The maximum absolute atomic E-state index is 13.4. The van der Waals surface area contributed by atoms with E-state index in [1.165, 1.54) is 12.1 Å². The van der Waals surface area contributed by atoms with Crippen molar-refractivity contribution in [2.75, 3.05) is 25.1 Å². The van der Waals surface area contributed by atoms with Crippen LogP contribution < -0.4 is 10.0 Å². The average molecular weight is 334 g/mol. The molecule has 0 heterocycles. The Hall–Kier alpha value is -0.630. The third kappa shape index (κ3) is 5.94. The van der Waals surface area contributed by atoms with Crippen LogP contribution in [0, 0.1) is 11.7 Å². The molecule has 120 valence electrons. The summed E-state index contributed by atoms with van der Waals surface area (Å²) in [4.78, 5) is 0.0137. The van der Waals surface area contributed by atoms with E-state index >= 15 is 0 Å². The summed E-state index contributed by atoms with van der Waals surface area (Å²) in [6.45, 7) is 5.37. The van der Waals surface area contributed by atoms with Crippen molar-refractivity contribution in [3.05, 3.63) is 29.6 Å². The van der Waals surface area contributed by atoms with Gasteiger partial charge in [-0.25, -0.2) is 17.5 Å². The third-order valence-electron chi connectivity index (χ3n) is 2.96. The topological polar surface area (TPSA) is 58.2 Å². The molecule has 1 atom stereocenters. The third-order valence-corrected chi connectivity index (χ3v) is 5.37. The molecule has 0 amide bonds. The molecule has 4 nitrogen and oxygen atoms in total. The highest BCUT2D eigenvalue weighted by atomic mass is 32.2. The monoisotopic (exact) mass is 334 g/mol. The summed E-state index contributed by atoms with van der Waals surface area (Å²) in [7, 11) is -3.70. The van der Waals surface area contributed by atoms with Gasteiger partial charge in [-0.1, -0.05) is 19.9 Å². The van der Waals surface area contributed by atoms with Crippen molar-refractivity contribution < 1.29 is 12.8 Å². The molecule has 1 unspecified atom stereocenters. The van der Waals surface area contributed by atoms with Gasteiger partial charge in [-0.15, -0.1) is 0 Å². The van der Waals surface area contributed by atoms with Crippen LogP contribution in [0.2, 0.25) is 0 Å². The van der Waals surface area contributed by atoms with E-state index in [1.807, 2.05) is 20.1 Å². The molecule has 1 rings (SSSR count). The fraction of sp³-hybridized carbons (Fsp3) is 0.571. The predicted molar refractivity (Wildman–Crippen MR) is 86.5 cm³/mol. The highest BCUT2D eigenvalue weighted by Crippen LogP contribution is 2.18. The molecule has 0 aliphatic rings. The summed E-state index contributed by atoms with van der Waals surface area (Å²) < 4.78 is 40.7. The van der Waals surface area contributed by atoms with E-state index in [0.29, 0.717) is 18.7 Å². The number of thioether (sulfide) groups is 1. The van der Waals surface area contributed by atoms with Crippen LogP contribution in [0.15, 0.2) is 23.1 Å². The summed E-state index contributed by atoms with van der Waals surface area (Å²) in [5.74, 6) is 0.545. The predicted octanol–water partition coefficient (Wildman–Crippen LogP) is 2.21. The molecular weight excluding hydrogens is 311 g/mol. The Kier molecular flexibility index (Phi) is 7.65. The van der Waals surface area contributed by atoms with Gasteiger partial charge in [0.05, 0.1) is 4.90 Å². The van der Waals surface area contributed by atoms with Crippen LogP contribution in [-0.2, 0) is 16.6 Å². The van der Waals surface area contributed by atoms with Gasteiger partial charge < -0.3 is 5.32 Å². The molecule has 0 spiro atoms. The number of rotatable bonds is 9. The van der Waals surface area contributed by atoms with Crippen LogP contribution in [0.5, 0.6) is 0 Å². The number of sulfonamides is 1. The largest absolute Gasteiger partial charge is 0.313 e. The van der Waals surface area contributed by atoms with Gasteiger partial charge in [0, 0.05) is 13.1 Å². The lowest BCUT2D eigenvalue weighted by Gasteiger charge is -2.14. The molecule has 0 aliphatic carbocycles. The van der Waals surface area contributed by atoms with Crippen LogP contribution in [0.3, 0.4) is 0 Å². The first-order valence-corrected chi connectivity index (χ1v) is 9.76. The van der Waals surface area contributed by atoms with Crippen molar-refractivity contribution in [2.24, 2.45) is 5.92 Å². The van der Waals surface area contributed by atoms with E-state index < -0.39 is 15.8 Å². The van der Waals surface area contributed by atoms with Crippen LogP contribution in [0.25, 0.3) is 0 Å². The summed E-state index contributed by atoms with van der Waals surface area (Å²) in [5, 5.41) is 3.06. The van der Waals surface area contributed by atoms with Crippen LogP contribution >= 0.6 is 11.8 Å². The fourth-order valence-electron chi connectivity index (χ4n) is 1.86. The van der Waals surface area contributed by atoms with Gasteiger partial charge in [-0.2, -0.15) is 11.8 Å². The standard InChI is InChI=1S/C14H23FN2O2S2/c1-4-16-9-12-5-6-13(15)7-14(12)21(18,19)17-8-11(2)10-20-3/h5-7,11,16-17H,4,8-10H2,1-3H3. The number of hydrogen-bond acceptors (Lipinski definition) is 4. The normalized spacial score (nSPS) is 13.3. The molecule has 0 aliphatic heterocycles. The van der Waals surface area contributed by atoms with Crippen LogP contribution in [-0.4, -0.2) is 33.5 Å². The lowest BCUT2D eigenvalue weighted by molar-refractivity contribution is 0.557. The zero-order valence-electron chi connectivity index (χ0n) is 12.6. The quantitative estimate of drug-likeness (QED) is 0.727. The number of hydrogen-bond donors (Lipinski definition) is 2. The molecule has 0 saturated carbocycles. The van der Waals surface area contributed by atoms with Gasteiger partial charge in [0.2, 0.25) is 10.0 Å². The first-order chi connectivity index (χ1) is 9.90. The smallest absolute Gasteiger partial charge is 0.241 e. The molecule has 7 heteroatoms. The molecule has 0 fully saturated rings. The molecule has 0 radical (unpaired) electrons. The van der Waals surface area contributed by atoms with E-state index in [4.69, 9.17) is 0 Å². The maximum atomic E-state index is 13.4. The minimum absolute atomic E-state index is 0.0137.